The number of aliphatic hydroxyl groups is 1. The molecule has 0 bridgehead atoms. The van der Waals surface area contributed by atoms with Gasteiger partial charge in [0.25, 0.3) is 0 Å². The van der Waals surface area contributed by atoms with Gasteiger partial charge in [-0.25, -0.2) is 0 Å². The van der Waals surface area contributed by atoms with Crippen molar-refractivity contribution < 1.29 is 19.0 Å². The Morgan fingerprint density at radius 3 is 2.25 bits per heavy atom. The third-order valence-corrected chi connectivity index (χ3v) is 11.3. The van der Waals surface area contributed by atoms with Gasteiger partial charge in [-0.15, -0.1) is 6.58 Å². The molecule has 24 heavy (non-hydrogen) atoms. The molecule has 1 rings (SSSR count). The van der Waals surface area contributed by atoms with Crippen LogP contribution in [0.4, 0.5) is 0 Å². The largest absolute Gasteiger partial charge is 0.408 e. The van der Waals surface area contributed by atoms with Crippen LogP contribution < -0.4 is 0 Å². The number of aliphatic hydroxyl groups excluding tert-OH is 1. The second-order valence-electron chi connectivity index (χ2n) is 7.87. The quantitative estimate of drug-likeness (QED) is 0.456. The van der Waals surface area contributed by atoms with Crippen molar-refractivity contribution in [3.63, 3.8) is 0 Å². The number of hydrogen-bond donors (Lipinski definition) is 1. The molecule has 0 aromatic heterocycles. The summed E-state index contributed by atoms with van der Waals surface area (Å²) < 4.78 is 18.6. The Bertz CT molecular complexity index is 349. The van der Waals surface area contributed by atoms with Crippen molar-refractivity contribution in [2.45, 2.75) is 95.9 Å². The topological polar surface area (TPSA) is 47.9 Å². The van der Waals surface area contributed by atoms with Crippen molar-refractivity contribution in [1.29, 1.82) is 0 Å². The van der Waals surface area contributed by atoms with Crippen LogP contribution in [0.3, 0.4) is 0 Å². The third-order valence-electron chi connectivity index (χ3n) is 5.17. The number of hydrogen-bond acceptors (Lipinski definition) is 4. The molecular formula is C19H38O4Si. The van der Waals surface area contributed by atoms with Gasteiger partial charge in [-0.3, -0.25) is 0 Å². The molecular weight excluding hydrogens is 320 g/mol. The maximum atomic E-state index is 9.88. The first kappa shape index (κ1) is 21.8. The predicted octanol–water partition coefficient (Wildman–Crippen LogP) is 4.64. The summed E-state index contributed by atoms with van der Waals surface area (Å²) in [6.45, 7) is 18.4. The molecule has 0 aromatic rings. The van der Waals surface area contributed by atoms with Gasteiger partial charge in [0.2, 0.25) is 8.32 Å². The molecule has 0 unspecified atom stereocenters. The van der Waals surface area contributed by atoms with Crippen molar-refractivity contribution in [2.24, 2.45) is 0 Å². The zero-order valence-corrected chi connectivity index (χ0v) is 17.5. The molecule has 0 aromatic carbocycles. The van der Waals surface area contributed by atoms with E-state index < -0.39 is 14.4 Å². The molecule has 1 fully saturated rings. The lowest BCUT2D eigenvalue weighted by Gasteiger charge is -2.46. The van der Waals surface area contributed by atoms with E-state index in [9.17, 15) is 5.11 Å². The fourth-order valence-electron chi connectivity index (χ4n) is 4.13. The van der Waals surface area contributed by atoms with E-state index in [4.69, 9.17) is 13.9 Å². The molecule has 142 valence electrons. The second-order valence-corrected chi connectivity index (χ2v) is 13.3. The maximum absolute atomic E-state index is 9.88. The Labute approximate surface area is 149 Å². The van der Waals surface area contributed by atoms with E-state index in [1.165, 1.54) is 0 Å². The summed E-state index contributed by atoms with van der Waals surface area (Å²) in [4.78, 5) is 0. The molecule has 4 nitrogen and oxygen atoms in total. The number of rotatable bonds is 10. The van der Waals surface area contributed by atoms with E-state index in [0.717, 1.165) is 12.8 Å². The van der Waals surface area contributed by atoms with E-state index >= 15 is 0 Å². The first-order valence-electron chi connectivity index (χ1n) is 9.45. The molecule has 1 aliphatic rings. The summed E-state index contributed by atoms with van der Waals surface area (Å²) in [5.41, 5.74) is 1.60. The monoisotopic (exact) mass is 358 g/mol. The Balaban J connectivity index is 2.83. The predicted molar refractivity (Wildman–Crippen MR) is 102 cm³/mol. The SMILES string of the molecule is C=CC[C@H](O)CO[C@@H]1OCCC[C@H]1O[Si](C(C)C)(C(C)C)C(C)C. The van der Waals surface area contributed by atoms with E-state index in [1.54, 1.807) is 6.08 Å². The van der Waals surface area contributed by atoms with Gasteiger partial charge >= 0.3 is 0 Å². The first-order valence-corrected chi connectivity index (χ1v) is 11.6. The van der Waals surface area contributed by atoms with Crippen molar-refractivity contribution >= 4 is 8.32 Å². The molecule has 5 heteroatoms. The third kappa shape index (κ3) is 5.40. The van der Waals surface area contributed by atoms with Crippen LogP contribution in [0.2, 0.25) is 16.6 Å². The van der Waals surface area contributed by atoms with E-state index in [0.29, 0.717) is 29.7 Å². The molecule has 1 saturated heterocycles. The first-order chi connectivity index (χ1) is 11.3. The molecule has 1 N–H and O–H groups in total. The van der Waals surface area contributed by atoms with Crippen LogP contribution in [-0.4, -0.2) is 45.1 Å². The van der Waals surface area contributed by atoms with Crippen LogP contribution >= 0.6 is 0 Å². The van der Waals surface area contributed by atoms with E-state index in [2.05, 4.69) is 48.1 Å². The fourth-order valence-corrected chi connectivity index (χ4v) is 9.70. The smallest absolute Gasteiger partial charge is 0.201 e. The van der Waals surface area contributed by atoms with E-state index in [-0.39, 0.29) is 19.0 Å². The van der Waals surface area contributed by atoms with Crippen LogP contribution in [0, 0.1) is 0 Å². The summed E-state index contributed by atoms with van der Waals surface area (Å²) in [6, 6.07) is 0. The zero-order valence-electron chi connectivity index (χ0n) is 16.5. The number of ether oxygens (including phenoxy) is 2. The summed E-state index contributed by atoms with van der Waals surface area (Å²) >= 11 is 0. The minimum atomic E-state index is -1.97. The molecule has 0 saturated carbocycles. The van der Waals surface area contributed by atoms with Gasteiger partial charge in [0.15, 0.2) is 6.29 Å². The van der Waals surface area contributed by atoms with Crippen molar-refractivity contribution in [3.8, 4) is 0 Å². The van der Waals surface area contributed by atoms with Gasteiger partial charge in [-0.05, 0) is 35.9 Å². The van der Waals surface area contributed by atoms with Gasteiger partial charge < -0.3 is 19.0 Å². The normalized spacial score (nSPS) is 23.9. The molecule has 0 aliphatic carbocycles. The van der Waals surface area contributed by atoms with Crippen molar-refractivity contribution in [1.82, 2.24) is 0 Å². The Morgan fingerprint density at radius 2 is 1.75 bits per heavy atom. The summed E-state index contributed by atoms with van der Waals surface area (Å²) in [6.07, 6.45) is 3.26. The van der Waals surface area contributed by atoms with Crippen LogP contribution in [0.15, 0.2) is 12.7 Å². The van der Waals surface area contributed by atoms with Crippen LogP contribution in [0.1, 0.15) is 60.8 Å². The highest BCUT2D eigenvalue weighted by molar-refractivity contribution is 6.77. The molecule has 3 atom stereocenters. The molecule has 0 spiro atoms. The van der Waals surface area contributed by atoms with Crippen molar-refractivity contribution in [3.05, 3.63) is 12.7 Å². The Kier molecular flexibility index (Phi) is 9.16. The average molecular weight is 359 g/mol. The summed E-state index contributed by atoms with van der Waals surface area (Å²) in [5.74, 6) is 0. The molecule has 1 aliphatic heterocycles. The highest BCUT2D eigenvalue weighted by Gasteiger charge is 2.48. The van der Waals surface area contributed by atoms with Crippen LogP contribution in [0.5, 0.6) is 0 Å². The van der Waals surface area contributed by atoms with Crippen molar-refractivity contribution in [2.75, 3.05) is 13.2 Å². The molecule has 1 heterocycles. The second kappa shape index (κ2) is 10.1. The Hall–Kier alpha value is -0.203. The summed E-state index contributed by atoms with van der Waals surface area (Å²) in [7, 11) is -1.97. The van der Waals surface area contributed by atoms with Gasteiger partial charge in [0.1, 0.15) is 0 Å². The van der Waals surface area contributed by atoms with Gasteiger partial charge in [0, 0.05) is 6.61 Å². The highest BCUT2D eigenvalue weighted by atomic mass is 28.4. The standard InChI is InChI=1S/C19H38O4Si/c1-8-10-17(20)13-22-19-18(11-9-12-21-19)23-24(14(2)3,15(4)5)16(6)7/h8,14-20H,1,9-13H2,2-7H3/t17-,18+,19-/m0/s1. The minimum Gasteiger partial charge on any atom is -0.408 e. The average Bonchev–Trinajstić information content (AvgIpc) is 2.50. The Morgan fingerprint density at radius 1 is 1.17 bits per heavy atom. The summed E-state index contributed by atoms with van der Waals surface area (Å²) in [5, 5.41) is 9.88. The van der Waals surface area contributed by atoms with Gasteiger partial charge in [-0.2, -0.15) is 0 Å². The lowest BCUT2D eigenvalue weighted by Crippen LogP contribution is -2.54. The lowest BCUT2D eigenvalue weighted by atomic mass is 10.1. The van der Waals surface area contributed by atoms with Crippen LogP contribution in [-0.2, 0) is 13.9 Å². The maximum Gasteiger partial charge on any atom is 0.201 e. The minimum absolute atomic E-state index is 0.0338. The van der Waals surface area contributed by atoms with Gasteiger partial charge in [-0.1, -0.05) is 47.6 Å². The van der Waals surface area contributed by atoms with Gasteiger partial charge in [0.05, 0.1) is 18.8 Å². The molecule has 0 radical (unpaired) electrons. The highest BCUT2D eigenvalue weighted by Crippen LogP contribution is 2.44. The molecule has 0 amide bonds. The zero-order chi connectivity index (χ0) is 18.3. The lowest BCUT2D eigenvalue weighted by molar-refractivity contribution is -0.219. The fraction of sp³-hybridized carbons (Fsp3) is 0.895. The van der Waals surface area contributed by atoms with Crippen LogP contribution in [0.25, 0.3) is 0 Å². The van der Waals surface area contributed by atoms with E-state index in [1.807, 2.05) is 0 Å².